The van der Waals surface area contributed by atoms with Gasteiger partial charge in [-0.3, -0.25) is 9.59 Å². The SMILES string of the molecule is Cc1csc(C(=O)NCCC(=O)O)c1I. The van der Waals surface area contributed by atoms with Gasteiger partial charge in [0.1, 0.15) is 4.88 Å². The molecule has 0 saturated carbocycles. The minimum atomic E-state index is -0.910. The summed E-state index contributed by atoms with van der Waals surface area (Å²) in [7, 11) is 0. The molecule has 1 heterocycles. The summed E-state index contributed by atoms with van der Waals surface area (Å²) in [5.41, 5.74) is 1.07. The highest BCUT2D eigenvalue weighted by atomic mass is 127. The smallest absolute Gasteiger partial charge is 0.305 e. The highest BCUT2D eigenvalue weighted by Gasteiger charge is 2.13. The van der Waals surface area contributed by atoms with Crippen LogP contribution >= 0.6 is 33.9 Å². The molecule has 0 bridgehead atoms. The van der Waals surface area contributed by atoms with Gasteiger partial charge in [0.25, 0.3) is 5.91 Å². The molecule has 1 amide bonds. The molecule has 0 atom stereocenters. The number of carbonyl (C=O) groups excluding carboxylic acids is 1. The van der Waals surface area contributed by atoms with E-state index in [0.29, 0.717) is 4.88 Å². The molecular weight excluding hydrogens is 329 g/mol. The maximum absolute atomic E-state index is 11.6. The van der Waals surface area contributed by atoms with E-state index in [0.717, 1.165) is 9.13 Å². The Morgan fingerprint density at radius 3 is 2.73 bits per heavy atom. The van der Waals surface area contributed by atoms with Gasteiger partial charge in [0.05, 0.1) is 6.42 Å². The Labute approximate surface area is 105 Å². The first-order valence-electron chi connectivity index (χ1n) is 4.26. The van der Waals surface area contributed by atoms with Gasteiger partial charge in [-0.2, -0.15) is 0 Å². The van der Waals surface area contributed by atoms with Crippen molar-refractivity contribution >= 4 is 45.8 Å². The van der Waals surface area contributed by atoms with Crippen LogP contribution in [0.2, 0.25) is 0 Å². The van der Waals surface area contributed by atoms with Crippen molar-refractivity contribution in [2.75, 3.05) is 6.54 Å². The van der Waals surface area contributed by atoms with Crippen LogP contribution in [0.4, 0.5) is 0 Å². The minimum absolute atomic E-state index is 0.0489. The number of thiophene rings is 1. The molecule has 0 saturated heterocycles. The van der Waals surface area contributed by atoms with Gasteiger partial charge >= 0.3 is 5.97 Å². The molecule has 1 rings (SSSR count). The summed E-state index contributed by atoms with van der Waals surface area (Å²) >= 11 is 3.49. The normalized spacial score (nSPS) is 10.0. The summed E-state index contributed by atoms with van der Waals surface area (Å²) in [4.78, 5) is 22.5. The Hall–Kier alpha value is -0.630. The number of hydrogen-bond acceptors (Lipinski definition) is 3. The van der Waals surface area contributed by atoms with Crippen LogP contribution in [0.5, 0.6) is 0 Å². The van der Waals surface area contributed by atoms with Gasteiger partial charge in [0, 0.05) is 10.1 Å². The molecule has 1 aromatic rings. The molecule has 4 nitrogen and oxygen atoms in total. The van der Waals surface area contributed by atoms with Crippen LogP contribution in [0.25, 0.3) is 0 Å². The van der Waals surface area contributed by atoms with E-state index in [-0.39, 0.29) is 18.9 Å². The third-order valence-corrected chi connectivity index (χ3v) is 4.58. The van der Waals surface area contributed by atoms with Crippen molar-refractivity contribution in [1.82, 2.24) is 5.32 Å². The van der Waals surface area contributed by atoms with Crippen molar-refractivity contribution in [3.63, 3.8) is 0 Å². The molecule has 2 N–H and O–H groups in total. The third-order valence-electron chi connectivity index (χ3n) is 1.73. The van der Waals surface area contributed by atoms with Crippen LogP contribution in [-0.2, 0) is 4.79 Å². The number of carboxylic acid groups (broad SMARTS) is 1. The molecule has 0 aliphatic rings. The van der Waals surface area contributed by atoms with Crippen LogP contribution in [0.1, 0.15) is 21.7 Å². The first-order chi connectivity index (χ1) is 7.02. The fourth-order valence-electron chi connectivity index (χ4n) is 0.946. The second-order valence-electron chi connectivity index (χ2n) is 2.96. The van der Waals surface area contributed by atoms with E-state index in [2.05, 4.69) is 27.9 Å². The van der Waals surface area contributed by atoms with E-state index in [4.69, 9.17) is 5.11 Å². The Bertz CT molecular complexity index is 389. The lowest BCUT2D eigenvalue weighted by atomic mass is 10.3. The van der Waals surface area contributed by atoms with Gasteiger partial charge in [0.15, 0.2) is 0 Å². The van der Waals surface area contributed by atoms with E-state index >= 15 is 0 Å². The van der Waals surface area contributed by atoms with Crippen molar-refractivity contribution in [3.05, 3.63) is 19.4 Å². The van der Waals surface area contributed by atoms with Crippen molar-refractivity contribution in [3.8, 4) is 0 Å². The van der Waals surface area contributed by atoms with E-state index < -0.39 is 5.97 Å². The summed E-state index contributed by atoms with van der Waals surface area (Å²) in [5.74, 6) is -1.11. The highest BCUT2D eigenvalue weighted by Crippen LogP contribution is 2.23. The third kappa shape index (κ3) is 3.45. The maximum Gasteiger partial charge on any atom is 0.305 e. The number of aliphatic carboxylic acids is 1. The van der Waals surface area contributed by atoms with E-state index in [9.17, 15) is 9.59 Å². The van der Waals surface area contributed by atoms with Gasteiger partial charge in [-0.15, -0.1) is 11.3 Å². The second-order valence-corrected chi connectivity index (χ2v) is 4.92. The van der Waals surface area contributed by atoms with Gasteiger partial charge in [-0.05, 0) is 40.5 Å². The number of carboxylic acids is 1. The predicted octanol–water partition coefficient (Wildman–Crippen LogP) is 1.87. The van der Waals surface area contributed by atoms with Crippen molar-refractivity contribution in [2.24, 2.45) is 0 Å². The molecule has 0 radical (unpaired) electrons. The molecule has 0 spiro atoms. The molecular formula is C9H10INO3S. The van der Waals surface area contributed by atoms with E-state index in [1.165, 1.54) is 11.3 Å². The second kappa shape index (κ2) is 5.45. The molecule has 0 fully saturated rings. The lowest BCUT2D eigenvalue weighted by Gasteiger charge is -2.01. The molecule has 82 valence electrons. The molecule has 1 aromatic heterocycles. The van der Waals surface area contributed by atoms with Crippen LogP contribution in [0, 0.1) is 10.5 Å². The fraction of sp³-hybridized carbons (Fsp3) is 0.333. The number of amides is 1. The Morgan fingerprint density at radius 1 is 1.60 bits per heavy atom. The number of rotatable bonds is 4. The largest absolute Gasteiger partial charge is 0.481 e. The Kier molecular flexibility index (Phi) is 4.52. The number of aryl methyl sites for hydroxylation is 1. The van der Waals surface area contributed by atoms with Gasteiger partial charge in [-0.1, -0.05) is 0 Å². The minimum Gasteiger partial charge on any atom is -0.481 e. The van der Waals surface area contributed by atoms with Gasteiger partial charge in [0.2, 0.25) is 0 Å². The predicted molar refractivity (Wildman–Crippen MR) is 66.4 cm³/mol. The average molecular weight is 339 g/mol. The summed E-state index contributed by atoms with van der Waals surface area (Å²) in [6.45, 7) is 2.10. The number of carbonyl (C=O) groups is 2. The molecule has 15 heavy (non-hydrogen) atoms. The molecule has 0 aliphatic carbocycles. The Morgan fingerprint density at radius 2 is 2.27 bits per heavy atom. The first-order valence-corrected chi connectivity index (χ1v) is 6.21. The van der Waals surface area contributed by atoms with Crippen LogP contribution in [-0.4, -0.2) is 23.5 Å². The van der Waals surface area contributed by atoms with E-state index in [1.54, 1.807) is 0 Å². The summed E-state index contributed by atoms with van der Waals surface area (Å²) in [6, 6.07) is 0. The zero-order chi connectivity index (χ0) is 11.4. The highest BCUT2D eigenvalue weighted by molar-refractivity contribution is 14.1. The van der Waals surface area contributed by atoms with Crippen molar-refractivity contribution in [1.29, 1.82) is 0 Å². The summed E-state index contributed by atoms with van der Waals surface area (Å²) in [6.07, 6.45) is -0.0489. The monoisotopic (exact) mass is 339 g/mol. The number of nitrogens with one attached hydrogen (secondary N) is 1. The first kappa shape index (κ1) is 12.4. The van der Waals surface area contributed by atoms with Crippen LogP contribution in [0.15, 0.2) is 5.38 Å². The maximum atomic E-state index is 11.6. The standard InChI is InChI=1S/C9H10INO3S/c1-5-4-15-8(7(5)10)9(14)11-3-2-6(12)13/h4H,2-3H2,1H3,(H,11,14)(H,12,13). The zero-order valence-electron chi connectivity index (χ0n) is 8.04. The van der Waals surface area contributed by atoms with Gasteiger partial charge in [-0.25, -0.2) is 0 Å². The Balaban J connectivity index is 2.54. The zero-order valence-corrected chi connectivity index (χ0v) is 11.0. The van der Waals surface area contributed by atoms with Crippen LogP contribution in [0.3, 0.4) is 0 Å². The van der Waals surface area contributed by atoms with Crippen molar-refractivity contribution in [2.45, 2.75) is 13.3 Å². The van der Waals surface area contributed by atoms with Crippen LogP contribution < -0.4 is 5.32 Å². The molecule has 0 aromatic carbocycles. The summed E-state index contributed by atoms with van der Waals surface area (Å²) in [5, 5.41) is 12.9. The van der Waals surface area contributed by atoms with E-state index in [1.807, 2.05) is 12.3 Å². The fourth-order valence-corrected chi connectivity index (χ4v) is 2.80. The number of halogens is 1. The number of hydrogen-bond donors (Lipinski definition) is 2. The quantitative estimate of drug-likeness (QED) is 0.823. The molecule has 6 heteroatoms. The lowest BCUT2D eigenvalue weighted by molar-refractivity contribution is -0.136. The topological polar surface area (TPSA) is 66.4 Å². The lowest BCUT2D eigenvalue weighted by Crippen LogP contribution is -2.25. The average Bonchev–Trinajstić information content (AvgIpc) is 2.47. The van der Waals surface area contributed by atoms with Crippen molar-refractivity contribution < 1.29 is 14.7 Å². The molecule has 0 aliphatic heterocycles. The summed E-state index contributed by atoms with van der Waals surface area (Å²) < 4.78 is 0.936. The van der Waals surface area contributed by atoms with Gasteiger partial charge < -0.3 is 10.4 Å². The molecule has 0 unspecified atom stereocenters.